The van der Waals surface area contributed by atoms with Crippen molar-refractivity contribution in [3.63, 3.8) is 0 Å². The van der Waals surface area contributed by atoms with Gasteiger partial charge in [-0.25, -0.2) is 4.79 Å². The van der Waals surface area contributed by atoms with Crippen LogP contribution in [-0.4, -0.2) is 31.9 Å². The normalized spacial score (nSPS) is 17.5. The van der Waals surface area contributed by atoms with Crippen molar-refractivity contribution in [2.45, 2.75) is 26.3 Å². The Morgan fingerprint density at radius 1 is 1.46 bits per heavy atom. The Balaban J connectivity index is 2.69. The first-order valence-corrected chi connectivity index (χ1v) is 7.50. The van der Waals surface area contributed by atoms with E-state index in [2.05, 4.69) is 5.32 Å². The van der Waals surface area contributed by atoms with E-state index in [1.807, 2.05) is 0 Å². The minimum Gasteiger partial charge on any atom is -0.478 e. The predicted molar refractivity (Wildman–Crippen MR) is 89.0 cm³/mol. The number of allylic oxidation sites excluding steroid dienone is 1. The average molecular weight is 349 g/mol. The summed E-state index contributed by atoms with van der Waals surface area (Å²) in [4.78, 5) is 35.6. The number of hydrogen-bond acceptors (Lipinski definition) is 5. The molecule has 0 saturated carbocycles. The third kappa shape index (κ3) is 3.11. The Bertz CT molecular complexity index is 774. The second kappa shape index (κ2) is 6.75. The summed E-state index contributed by atoms with van der Waals surface area (Å²) in [6.45, 7) is 3.16. The number of nitro groups is 1. The highest BCUT2D eigenvalue weighted by atomic mass is 32.1. The lowest BCUT2D eigenvalue weighted by atomic mass is 9.93. The topological polar surface area (TPSA) is 113 Å². The van der Waals surface area contributed by atoms with E-state index in [-0.39, 0.29) is 28.7 Å². The highest BCUT2D eigenvalue weighted by Crippen LogP contribution is 2.35. The zero-order valence-electron chi connectivity index (χ0n) is 13.0. The van der Waals surface area contributed by atoms with Crippen molar-refractivity contribution in [2.75, 3.05) is 0 Å². The zero-order valence-corrected chi connectivity index (χ0v) is 13.8. The number of hydrogen-bond donors (Lipinski definition) is 2. The molecule has 0 saturated heterocycles. The first kappa shape index (κ1) is 17.5. The minimum atomic E-state index is -1.23. The van der Waals surface area contributed by atoms with Gasteiger partial charge in [-0.05, 0) is 24.7 Å². The van der Waals surface area contributed by atoms with Crippen molar-refractivity contribution < 1.29 is 19.6 Å². The molecule has 0 radical (unpaired) electrons. The minimum absolute atomic E-state index is 0.0702. The van der Waals surface area contributed by atoms with Gasteiger partial charge in [-0.3, -0.25) is 19.8 Å². The number of amides is 1. The smallest absolute Gasteiger partial charge is 0.335 e. The summed E-state index contributed by atoms with van der Waals surface area (Å²) < 4.78 is 0. The Labute approximate surface area is 142 Å². The highest BCUT2D eigenvalue weighted by Gasteiger charge is 2.39. The van der Waals surface area contributed by atoms with Crippen LogP contribution in [0.2, 0.25) is 0 Å². The summed E-state index contributed by atoms with van der Waals surface area (Å²) in [5.41, 5.74) is 0.338. The summed E-state index contributed by atoms with van der Waals surface area (Å²) in [7, 11) is 0. The van der Waals surface area contributed by atoms with Crippen molar-refractivity contribution >= 4 is 34.9 Å². The second-order valence-electron chi connectivity index (χ2n) is 5.15. The van der Waals surface area contributed by atoms with E-state index in [1.54, 1.807) is 6.92 Å². The zero-order chi connectivity index (χ0) is 18.0. The van der Waals surface area contributed by atoms with Gasteiger partial charge in [0.2, 0.25) is 5.91 Å². The van der Waals surface area contributed by atoms with Gasteiger partial charge in [0.1, 0.15) is 0 Å². The maximum Gasteiger partial charge on any atom is 0.335 e. The lowest BCUT2D eigenvalue weighted by molar-refractivity contribution is -0.384. The predicted octanol–water partition coefficient (Wildman–Crippen LogP) is 2.12. The molecular weight excluding hydrogens is 334 g/mol. The molecule has 2 rings (SSSR count). The SMILES string of the molecule is CCC(=O)N1C(=S)NC(C)=C(C(=O)O)C1c1cccc([N+](=O)[O-])c1. The van der Waals surface area contributed by atoms with Gasteiger partial charge in [-0.15, -0.1) is 0 Å². The fourth-order valence-corrected chi connectivity index (χ4v) is 2.93. The van der Waals surface area contributed by atoms with Crippen LogP contribution in [0.15, 0.2) is 35.5 Å². The van der Waals surface area contributed by atoms with E-state index in [1.165, 1.54) is 31.2 Å². The fourth-order valence-electron chi connectivity index (χ4n) is 2.57. The van der Waals surface area contributed by atoms with Crippen LogP contribution in [0, 0.1) is 10.1 Å². The number of carboxylic acid groups (broad SMARTS) is 1. The molecule has 8 nitrogen and oxygen atoms in total. The van der Waals surface area contributed by atoms with E-state index in [4.69, 9.17) is 12.2 Å². The molecule has 1 aromatic rings. The Hall–Kier alpha value is -2.81. The van der Waals surface area contributed by atoms with Crippen LogP contribution in [-0.2, 0) is 9.59 Å². The number of nitro benzene ring substituents is 1. The quantitative estimate of drug-likeness (QED) is 0.486. The van der Waals surface area contributed by atoms with Crippen molar-refractivity contribution in [1.29, 1.82) is 0 Å². The Kier molecular flexibility index (Phi) is 4.93. The number of carboxylic acids is 1. The van der Waals surface area contributed by atoms with Gasteiger partial charge in [0.15, 0.2) is 5.11 Å². The number of benzene rings is 1. The number of nitrogens with one attached hydrogen (secondary N) is 1. The number of aliphatic carboxylic acids is 1. The van der Waals surface area contributed by atoms with Crippen molar-refractivity contribution in [3.05, 3.63) is 51.2 Å². The molecule has 1 aromatic carbocycles. The van der Waals surface area contributed by atoms with Crippen LogP contribution in [0.1, 0.15) is 31.9 Å². The van der Waals surface area contributed by atoms with Gasteiger partial charge in [-0.2, -0.15) is 0 Å². The van der Waals surface area contributed by atoms with Crippen molar-refractivity contribution in [2.24, 2.45) is 0 Å². The number of non-ortho nitro benzene ring substituents is 1. The van der Waals surface area contributed by atoms with Crippen LogP contribution in [0.5, 0.6) is 0 Å². The summed E-state index contributed by atoms with van der Waals surface area (Å²) >= 11 is 5.18. The molecule has 24 heavy (non-hydrogen) atoms. The summed E-state index contributed by atoms with van der Waals surface area (Å²) in [6.07, 6.45) is 0.110. The summed E-state index contributed by atoms with van der Waals surface area (Å²) in [6, 6.07) is 4.51. The van der Waals surface area contributed by atoms with E-state index in [0.29, 0.717) is 11.3 Å². The van der Waals surface area contributed by atoms with E-state index < -0.39 is 16.9 Å². The molecule has 126 valence electrons. The first-order valence-electron chi connectivity index (χ1n) is 7.09. The lowest BCUT2D eigenvalue weighted by Gasteiger charge is -2.37. The molecular formula is C15H15N3O5S. The number of nitrogens with zero attached hydrogens (tertiary/aromatic N) is 2. The average Bonchev–Trinajstić information content (AvgIpc) is 2.53. The molecule has 0 fully saturated rings. The van der Waals surface area contributed by atoms with Crippen LogP contribution in [0.4, 0.5) is 5.69 Å². The molecule has 1 aliphatic heterocycles. The molecule has 1 heterocycles. The number of carbonyl (C=O) groups excluding carboxylic acids is 1. The molecule has 0 bridgehead atoms. The van der Waals surface area contributed by atoms with Crippen LogP contribution >= 0.6 is 12.2 Å². The van der Waals surface area contributed by atoms with Crippen LogP contribution < -0.4 is 5.32 Å². The molecule has 1 aliphatic rings. The highest BCUT2D eigenvalue weighted by molar-refractivity contribution is 7.80. The van der Waals surface area contributed by atoms with Gasteiger partial charge in [0.25, 0.3) is 5.69 Å². The molecule has 1 unspecified atom stereocenters. The lowest BCUT2D eigenvalue weighted by Crippen LogP contribution is -2.50. The third-order valence-electron chi connectivity index (χ3n) is 3.65. The molecule has 0 aromatic heterocycles. The molecule has 1 atom stereocenters. The molecule has 9 heteroatoms. The van der Waals surface area contributed by atoms with Crippen LogP contribution in [0.25, 0.3) is 0 Å². The monoisotopic (exact) mass is 349 g/mol. The Morgan fingerprint density at radius 2 is 2.12 bits per heavy atom. The molecule has 2 N–H and O–H groups in total. The summed E-state index contributed by atoms with van der Waals surface area (Å²) in [5.74, 6) is -1.61. The van der Waals surface area contributed by atoms with Gasteiger partial charge < -0.3 is 10.4 Å². The van der Waals surface area contributed by atoms with Gasteiger partial charge in [0.05, 0.1) is 16.5 Å². The first-order chi connectivity index (χ1) is 11.3. The third-order valence-corrected chi connectivity index (χ3v) is 3.95. The van der Waals surface area contributed by atoms with Gasteiger partial charge >= 0.3 is 5.97 Å². The van der Waals surface area contributed by atoms with E-state index >= 15 is 0 Å². The Morgan fingerprint density at radius 3 is 2.67 bits per heavy atom. The fraction of sp³-hybridized carbons (Fsp3) is 0.267. The summed E-state index contributed by atoms with van der Waals surface area (Å²) in [5, 5.41) is 23.4. The van der Waals surface area contributed by atoms with Crippen LogP contribution in [0.3, 0.4) is 0 Å². The molecule has 0 spiro atoms. The van der Waals surface area contributed by atoms with Crippen molar-refractivity contribution in [1.82, 2.24) is 10.2 Å². The molecule has 1 amide bonds. The largest absolute Gasteiger partial charge is 0.478 e. The standard InChI is InChI=1S/C15H15N3O5S/c1-3-11(19)17-13(9-5-4-6-10(7-9)18(22)23)12(14(20)21)8(2)16-15(17)24/h4-7,13H,3H2,1-2H3,(H,16,24)(H,20,21). The second-order valence-corrected chi connectivity index (χ2v) is 5.53. The molecule has 0 aliphatic carbocycles. The maximum absolute atomic E-state index is 12.3. The van der Waals surface area contributed by atoms with E-state index in [0.717, 1.165) is 4.90 Å². The van der Waals surface area contributed by atoms with E-state index in [9.17, 15) is 24.8 Å². The number of carbonyl (C=O) groups is 2. The maximum atomic E-state index is 12.3. The number of thiocarbonyl (C=S) groups is 1. The van der Waals surface area contributed by atoms with Gasteiger partial charge in [-0.1, -0.05) is 19.1 Å². The number of rotatable bonds is 4. The van der Waals surface area contributed by atoms with Gasteiger partial charge in [0, 0.05) is 24.3 Å². The van der Waals surface area contributed by atoms with Crippen molar-refractivity contribution in [3.8, 4) is 0 Å².